The lowest BCUT2D eigenvalue weighted by atomic mass is 9.93. The molecule has 0 radical (unpaired) electrons. The van der Waals surface area contributed by atoms with Crippen molar-refractivity contribution in [2.24, 2.45) is 4.99 Å². The van der Waals surface area contributed by atoms with Crippen LogP contribution in [0.25, 0.3) is 0 Å². The molecular formula is C22H41IN6O. The van der Waals surface area contributed by atoms with Crippen LogP contribution in [0.3, 0.4) is 0 Å². The van der Waals surface area contributed by atoms with E-state index in [2.05, 4.69) is 59.3 Å². The smallest absolute Gasteiger partial charge is 0.191 e. The SMILES string of the molecule is CCCC(O)(CCC)CNC(=NCc1ccnc(N2CCN(C)CC2)c1)NCC.I. The number of hydrogen-bond acceptors (Lipinski definition) is 5. The van der Waals surface area contributed by atoms with E-state index in [1.165, 1.54) is 0 Å². The molecule has 0 amide bonds. The summed E-state index contributed by atoms with van der Waals surface area (Å²) in [5.41, 5.74) is 0.466. The lowest BCUT2D eigenvalue weighted by Crippen LogP contribution is -2.47. The molecule has 1 aromatic heterocycles. The number of rotatable bonds is 10. The molecule has 0 saturated carbocycles. The Bertz CT molecular complexity index is 628. The fourth-order valence-electron chi connectivity index (χ4n) is 3.76. The van der Waals surface area contributed by atoms with Gasteiger partial charge in [0.1, 0.15) is 5.82 Å². The van der Waals surface area contributed by atoms with Crippen LogP contribution < -0.4 is 15.5 Å². The Hall–Kier alpha value is -1.13. The van der Waals surface area contributed by atoms with Gasteiger partial charge in [-0.05, 0) is 44.5 Å². The molecule has 0 unspecified atom stereocenters. The summed E-state index contributed by atoms with van der Waals surface area (Å²) in [4.78, 5) is 14.0. The Morgan fingerprint density at radius 1 is 1.13 bits per heavy atom. The minimum atomic E-state index is -0.676. The predicted molar refractivity (Wildman–Crippen MR) is 137 cm³/mol. The second kappa shape index (κ2) is 14.0. The number of anilines is 1. The van der Waals surface area contributed by atoms with Gasteiger partial charge in [-0.3, -0.25) is 0 Å². The van der Waals surface area contributed by atoms with Gasteiger partial charge < -0.3 is 25.5 Å². The molecule has 0 atom stereocenters. The summed E-state index contributed by atoms with van der Waals surface area (Å²) < 4.78 is 0. The average molecular weight is 533 g/mol. The third-order valence-corrected chi connectivity index (χ3v) is 5.42. The highest BCUT2D eigenvalue weighted by molar-refractivity contribution is 14.0. The number of aromatic nitrogens is 1. The van der Waals surface area contributed by atoms with E-state index in [4.69, 9.17) is 4.99 Å². The van der Waals surface area contributed by atoms with Crippen molar-refractivity contribution in [1.29, 1.82) is 0 Å². The zero-order valence-corrected chi connectivity index (χ0v) is 21.5. The van der Waals surface area contributed by atoms with Gasteiger partial charge in [-0.1, -0.05) is 26.7 Å². The molecule has 2 rings (SSSR count). The molecule has 1 fully saturated rings. The van der Waals surface area contributed by atoms with Crippen LogP contribution in [0.1, 0.15) is 52.0 Å². The number of hydrogen-bond donors (Lipinski definition) is 3. The highest BCUT2D eigenvalue weighted by atomic mass is 127. The second-order valence-corrected chi connectivity index (χ2v) is 8.09. The van der Waals surface area contributed by atoms with Crippen molar-refractivity contribution >= 4 is 35.8 Å². The van der Waals surface area contributed by atoms with Gasteiger partial charge in [-0.25, -0.2) is 9.98 Å². The van der Waals surface area contributed by atoms with E-state index in [0.717, 1.165) is 75.7 Å². The number of halogens is 1. The third kappa shape index (κ3) is 8.93. The summed E-state index contributed by atoms with van der Waals surface area (Å²) in [6, 6.07) is 4.17. The number of aliphatic imine (C=N–C) groups is 1. The Morgan fingerprint density at radius 3 is 2.40 bits per heavy atom. The van der Waals surface area contributed by atoms with Crippen LogP contribution in [0.15, 0.2) is 23.3 Å². The normalized spacial score (nSPS) is 15.6. The first-order valence-corrected chi connectivity index (χ1v) is 11.1. The fraction of sp³-hybridized carbons (Fsp3) is 0.727. The number of nitrogens with one attached hydrogen (secondary N) is 2. The number of aliphatic hydroxyl groups is 1. The van der Waals surface area contributed by atoms with Gasteiger partial charge >= 0.3 is 0 Å². The highest BCUT2D eigenvalue weighted by Crippen LogP contribution is 2.18. The van der Waals surface area contributed by atoms with Gasteiger partial charge in [0.2, 0.25) is 0 Å². The zero-order valence-electron chi connectivity index (χ0n) is 19.2. The number of pyridine rings is 1. The molecular weight excluding hydrogens is 491 g/mol. The molecule has 1 aromatic rings. The number of likely N-dealkylation sites (N-methyl/N-ethyl adjacent to an activating group) is 1. The van der Waals surface area contributed by atoms with Crippen LogP contribution in [0.2, 0.25) is 0 Å². The minimum absolute atomic E-state index is 0. The largest absolute Gasteiger partial charge is 0.388 e. The van der Waals surface area contributed by atoms with Crippen LogP contribution >= 0.6 is 24.0 Å². The van der Waals surface area contributed by atoms with Crippen molar-refractivity contribution in [1.82, 2.24) is 20.5 Å². The van der Waals surface area contributed by atoms with Crippen molar-refractivity contribution in [2.75, 3.05) is 51.2 Å². The maximum absolute atomic E-state index is 10.9. The maximum atomic E-state index is 10.9. The van der Waals surface area contributed by atoms with E-state index < -0.39 is 5.60 Å². The number of guanidine groups is 1. The van der Waals surface area contributed by atoms with Gasteiger partial charge in [0.25, 0.3) is 0 Å². The van der Waals surface area contributed by atoms with E-state index in [-0.39, 0.29) is 24.0 Å². The lowest BCUT2D eigenvalue weighted by molar-refractivity contribution is 0.0257. The number of piperazine rings is 1. The van der Waals surface area contributed by atoms with Crippen LogP contribution in [0, 0.1) is 0 Å². The van der Waals surface area contributed by atoms with Crippen molar-refractivity contribution in [3.8, 4) is 0 Å². The van der Waals surface area contributed by atoms with Crippen molar-refractivity contribution < 1.29 is 5.11 Å². The molecule has 3 N–H and O–H groups in total. The van der Waals surface area contributed by atoms with Gasteiger partial charge in [0, 0.05) is 45.5 Å². The first-order valence-electron chi connectivity index (χ1n) is 11.1. The van der Waals surface area contributed by atoms with Crippen molar-refractivity contribution in [3.63, 3.8) is 0 Å². The monoisotopic (exact) mass is 532 g/mol. The summed E-state index contributed by atoms with van der Waals surface area (Å²) in [5, 5.41) is 17.5. The van der Waals surface area contributed by atoms with Gasteiger partial charge in [-0.15, -0.1) is 24.0 Å². The quantitative estimate of drug-likeness (QED) is 0.245. The number of nitrogens with zero attached hydrogens (tertiary/aromatic N) is 4. The molecule has 30 heavy (non-hydrogen) atoms. The summed E-state index contributed by atoms with van der Waals surface area (Å²) in [6.07, 6.45) is 5.41. The van der Waals surface area contributed by atoms with E-state index in [9.17, 15) is 5.11 Å². The Kier molecular flexibility index (Phi) is 12.6. The van der Waals surface area contributed by atoms with E-state index in [1.54, 1.807) is 0 Å². The first-order chi connectivity index (χ1) is 14.0. The van der Waals surface area contributed by atoms with E-state index in [0.29, 0.717) is 13.1 Å². The van der Waals surface area contributed by atoms with E-state index >= 15 is 0 Å². The second-order valence-electron chi connectivity index (χ2n) is 8.09. The molecule has 0 aliphatic carbocycles. The molecule has 0 bridgehead atoms. The topological polar surface area (TPSA) is 76.0 Å². The molecule has 1 aliphatic rings. The molecule has 0 aromatic carbocycles. The summed E-state index contributed by atoms with van der Waals surface area (Å²) >= 11 is 0. The maximum Gasteiger partial charge on any atom is 0.191 e. The Balaban J connectivity index is 0.00000450. The van der Waals surface area contributed by atoms with E-state index in [1.807, 2.05) is 12.3 Å². The van der Waals surface area contributed by atoms with Gasteiger partial charge in [0.05, 0.1) is 12.1 Å². The van der Waals surface area contributed by atoms with Crippen LogP contribution in [0.4, 0.5) is 5.82 Å². The summed E-state index contributed by atoms with van der Waals surface area (Å²) in [5.74, 6) is 1.78. The van der Waals surface area contributed by atoms with Gasteiger partial charge in [0.15, 0.2) is 5.96 Å². The minimum Gasteiger partial charge on any atom is -0.388 e. The molecule has 7 nitrogen and oxygen atoms in total. The third-order valence-electron chi connectivity index (χ3n) is 5.42. The van der Waals surface area contributed by atoms with Crippen LogP contribution in [0.5, 0.6) is 0 Å². The predicted octanol–water partition coefficient (Wildman–Crippen LogP) is 2.84. The summed E-state index contributed by atoms with van der Waals surface area (Å²) in [7, 11) is 2.16. The molecule has 8 heteroatoms. The molecule has 2 heterocycles. The molecule has 1 saturated heterocycles. The zero-order chi connectivity index (χ0) is 21.1. The molecule has 0 spiro atoms. The fourth-order valence-corrected chi connectivity index (χ4v) is 3.76. The summed E-state index contributed by atoms with van der Waals surface area (Å²) in [6.45, 7) is 12.3. The van der Waals surface area contributed by atoms with Crippen LogP contribution in [-0.2, 0) is 6.54 Å². The average Bonchev–Trinajstić information content (AvgIpc) is 2.71. The highest BCUT2D eigenvalue weighted by Gasteiger charge is 2.25. The molecule has 1 aliphatic heterocycles. The Morgan fingerprint density at radius 2 is 1.80 bits per heavy atom. The Labute approximate surface area is 199 Å². The molecule has 172 valence electrons. The van der Waals surface area contributed by atoms with Crippen molar-refractivity contribution in [3.05, 3.63) is 23.9 Å². The standard InChI is InChI=1S/C22H40N6O.HI/c1-5-9-22(29,10-6-2)18-26-21(23-7-3)25-17-19-8-11-24-20(16-19)28-14-12-27(4)13-15-28;/h8,11,16,29H,5-7,9-10,12-15,17-18H2,1-4H3,(H2,23,25,26);1H. The first kappa shape index (κ1) is 26.9. The lowest BCUT2D eigenvalue weighted by Gasteiger charge is -2.33. The van der Waals surface area contributed by atoms with Crippen LogP contribution in [-0.4, -0.2) is 72.9 Å². The van der Waals surface area contributed by atoms with Gasteiger partial charge in [-0.2, -0.15) is 0 Å². The van der Waals surface area contributed by atoms with Crippen molar-refractivity contribution in [2.45, 2.75) is 58.6 Å².